The Labute approximate surface area is 194 Å². The first-order chi connectivity index (χ1) is 16.0. The van der Waals surface area contributed by atoms with E-state index >= 15 is 0 Å². The van der Waals surface area contributed by atoms with Gasteiger partial charge in [0, 0.05) is 51.5 Å². The van der Waals surface area contributed by atoms with Gasteiger partial charge in [-0.1, -0.05) is 18.2 Å². The first-order valence-electron chi connectivity index (χ1n) is 11.7. The number of rotatable bonds is 5. The molecule has 33 heavy (non-hydrogen) atoms. The monoisotopic (exact) mass is 473 g/mol. The normalized spacial score (nSPS) is 24.8. The van der Waals surface area contributed by atoms with E-state index < -0.39 is 10.0 Å². The molecule has 0 bridgehead atoms. The Kier molecular flexibility index (Phi) is 6.42. The van der Waals surface area contributed by atoms with Gasteiger partial charge in [0.1, 0.15) is 5.76 Å². The molecule has 3 aliphatic rings. The Morgan fingerprint density at radius 1 is 0.970 bits per heavy atom. The number of hydrogen-bond acceptors (Lipinski definition) is 7. The number of furan rings is 1. The molecule has 4 heterocycles. The van der Waals surface area contributed by atoms with E-state index in [4.69, 9.17) is 4.42 Å². The molecule has 3 aliphatic heterocycles. The fourth-order valence-corrected chi connectivity index (χ4v) is 6.37. The van der Waals surface area contributed by atoms with Crippen LogP contribution in [0.4, 0.5) is 5.69 Å². The number of para-hydroxylation sites is 1. The fraction of sp³-hybridized carbons (Fsp3) is 0.522. The molecule has 0 saturated carbocycles. The van der Waals surface area contributed by atoms with Gasteiger partial charge in [-0.2, -0.15) is 4.31 Å². The van der Waals surface area contributed by atoms with Gasteiger partial charge in [-0.15, -0.1) is 0 Å². The second kappa shape index (κ2) is 9.46. The zero-order chi connectivity index (χ0) is 22.8. The number of hydrazine groups is 1. The molecular weight excluding hydrogens is 442 g/mol. The minimum Gasteiger partial charge on any atom is -0.447 e. The van der Waals surface area contributed by atoms with E-state index in [-0.39, 0.29) is 29.5 Å². The number of nitrogens with one attached hydrogen (secondary N) is 2. The number of nitrogens with zero attached hydrogens (tertiary/aromatic N) is 3. The van der Waals surface area contributed by atoms with Gasteiger partial charge in [0.15, 0.2) is 0 Å². The Bertz CT molecular complexity index is 1060. The van der Waals surface area contributed by atoms with E-state index in [2.05, 4.69) is 27.9 Å². The molecule has 0 radical (unpaired) electrons. The minimum absolute atomic E-state index is 0.0285. The van der Waals surface area contributed by atoms with Crippen molar-refractivity contribution in [3.63, 3.8) is 0 Å². The SMILES string of the molecule is O=C(C1CCCN(S(=O)(=O)c2ccc(C3CCNN3)o2)C1)N1CCN(c2ccccc2)CC1. The van der Waals surface area contributed by atoms with Crippen LogP contribution in [-0.2, 0) is 14.8 Å². The lowest BCUT2D eigenvalue weighted by molar-refractivity contribution is -0.137. The molecule has 0 spiro atoms. The van der Waals surface area contributed by atoms with Crippen LogP contribution in [0.5, 0.6) is 0 Å². The van der Waals surface area contributed by atoms with Crippen molar-refractivity contribution in [2.24, 2.45) is 5.92 Å². The second-order valence-corrected chi connectivity index (χ2v) is 10.8. The lowest BCUT2D eigenvalue weighted by Gasteiger charge is -2.39. The van der Waals surface area contributed by atoms with Crippen molar-refractivity contribution < 1.29 is 17.6 Å². The zero-order valence-electron chi connectivity index (χ0n) is 18.7. The summed E-state index contributed by atoms with van der Waals surface area (Å²) in [5.41, 5.74) is 7.28. The van der Waals surface area contributed by atoms with Crippen molar-refractivity contribution >= 4 is 21.6 Å². The number of piperidine rings is 1. The Hall–Kier alpha value is -2.40. The third-order valence-corrected chi connectivity index (χ3v) is 8.56. The maximum atomic E-state index is 13.2. The molecule has 5 rings (SSSR count). The van der Waals surface area contributed by atoms with Crippen LogP contribution in [0.1, 0.15) is 31.1 Å². The molecule has 2 N–H and O–H groups in total. The number of piperazine rings is 1. The summed E-state index contributed by atoms with van der Waals surface area (Å²) < 4.78 is 33.6. The lowest BCUT2D eigenvalue weighted by Crippen LogP contribution is -2.53. The predicted molar refractivity (Wildman–Crippen MR) is 124 cm³/mol. The molecule has 178 valence electrons. The topological polar surface area (TPSA) is 98.1 Å². The molecule has 3 saturated heterocycles. The van der Waals surface area contributed by atoms with Crippen molar-refractivity contribution in [3.8, 4) is 0 Å². The largest absolute Gasteiger partial charge is 0.447 e. The number of carbonyl (C=O) groups is 1. The minimum atomic E-state index is -3.77. The molecule has 10 heteroatoms. The molecule has 1 amide bonds. The van der Waals surface area contributed by atoms with Crippen LogP contribution in [0, 0.1) is 5.92 Å². The molecule has 1 aromatic heterocycles. The Morgan fingerprint density at radius 2 is 1.76 bits per heavy atom. The number of benzene rings is 1. The van der Waals surface area contributed by atoms with Crippen LogP contribution < -0.4 is 15.8 Å². The van der Waals surface area contributed by atoms with Gasteiger partial charge in [-0.3, -0.25) is 10.2 Å². The van der Waals surface area contributed by atoms with Crippen molar-refractivity contribution in [1.29, 1.82) is 0 Å². The standard InChI is InChI=1S/C23H31N5O4S/c29-23(27-15-13-26(14-16-27)19-6-2-1-3-7-19)18-5-4-12-28(17-18)33(30,31)22-9-8-21(32-22)20-10-11-24-25-20/h1-3,6-9,18,20,24-25H,4-5,10-17H2. The number of carbonyl (C=O) groups excluding carboxylic acids is 1. The van der Waals surface area contributed by atoms with E-state index in [0.29, 0.717) is 38.2 Å². The summed E-state index contributed by atoms with van der Waals surface area (Å²) in [6.07, 6.45) is 2.22. The van der Waals surface area contributed by atoms with E-state index in [1.165, 1.54) is 16.1 Å². The quantitative estimate of drug-likeness (QED) is 0.680. The van der Waals surface area contributed by atoms with Gasteiger partial charge < -0.3 is 14.2 Å². The predicted octanol–water partition coefficient (Wildman–Crippen LogP) is 1.57. The van der Waals surface area contributed by atoms with Crippen LogP contribution in [0.2, 0.25) is 0 Å². The third-order valence-electron chi connectivity index (χ3n) is 6.82. The second-order valence-electron chi connectivity index (χ2n) is 8.92. The van der Waals surface area contributed by atoms with E-state index in [9.17, 15) is 13.2 Å². The van der Waals surface area contributed by atoms with Crippen LogP contribution in [-0.4, -0.2) is 69.3 Å². The summed E-state index contributed by atoms with van der Waals surface area (Å²) in [5, 5.41) is -0.0456. The molecule has 1 aromatic carbocycles. The number of hydrogen-bond donors (Lipinski definition) is 2. The first kappa shape index (κ1) is 22.4. The van der Waals surface area contributed by atoms with Gasteiger partial charge in [0.05, 0.1) is 12.0 Å². The summed E-state index contributed by atoms with van der Waals surface area (Å²) >= 11 is 0. The fourth-order valence-electron chi connectivity index (χ4n) is 4.93. The van der Waals surface area contributed by atoms with E-state index in [1.54, 1.807) is 6.07 Å². The average molecular weight is 474 g/mol. The van der Waals surface area contributed by atoms with Gasteiger partial charge >= 0.3 is 0 Å². The molecule has 9 nitrogen and oxygen atoms in total. The summed E-state index contributed by atoms with van der Waals surface area (Å²) in [6, 6.07) is 13.4. The highest BCUT2D eigenvalue weighted by atomic mass is 32.2. The Balaban J connectivity index is 1.21. The van der Waals surface area contributed by atoms with Crippen molar-refractivity contribution in [2.75, 3.05) is 50.7 Å². The highest BCUT2D eigenvalue weighted by molar-refractivity contribution is 7.89. The van der Waals surface area contributed by atoms with Crippen LogP contribution >= 0.6 is 0 Å². The first-order valence-corrected chi connectivity index (χ1v) is 13.1. The molecular formula is C23H31N5O4S. The molecule has 2 aromatic rings. The summed E-state index contributed by atoms with van der Waals surface area (Å²) in [6.45, 7) is 4.30. The molecule has 3 fully saturated rings. The lowest BCUT2D eigenvalue weighted by atomic mass is 9.97. The van der Waals surface area contributed by atoms with E-state index in [0.717, 1.165) is 26.1 Å². The number of amides is 1. The molecule has 0 aliphatic carbocycles. The third kappa shape index (κ3) is 4.65. The summed E-state index contributed by atoms with van der Waals surface area (Å²) in [4.78, 5) is 17.4. The highest BCUT2D eigenvalue weighted by Crippen LogP contribution is 2.29. The van der Waals surface area contributed by atoms with Crippen molar-refractivity contribution in [1.82, 2.24) is 20.1 Å². The smallest absolute Gasteiger partial charge is 0.276 e. The number of sulfonamides is 1. The van der Waals surface area contributed by atoms with Gasteiger partial charge in [0.2, 0.25) is 11.0 Å². The summed E-state index contributed by atoms with van der Waals surface area (Å²) in [5.74, 6) is 0.357. The van der Waals surface area contributed by atoms with Crippen LogP contribution in [0.15, 0.2) is 52.0 Å². The van der Waals surface area contributed by atoms with Crippen LogP contribution in [0.3, 0.4) is 0 Å². The molecule has 2 unspecified atom stereocenters. The molecule has 2 atom stereocenters. The highest BCUT2D eigenvalue weighted by Gasteiger charge is 2.37. The van der Waals surface area contributed by atoms with Crippen molar-refractivity contribution in [2.45, 2.75) is 30.4 Å². The maximum absolute atomic E-state index is 13.2. The van der Waals surface area contributed by atoms with Gasteiger partial charge in [-0.05, 0) is 43.5 Å². The van der Waals surface area contributed by atoms with Crippen molar-refractivity contribution in [3.05, 3.63) is 48.2 Å². The summed E-state index contributed by atoms with van der Waals surface area (Å²) in [7, 11) is -3.77. The van der Waals surface area contributed by atoms with Gasteiger partial charge in [0.25, 0.3) is 10.0 Å². The maximum Gasteiger partial charge on any atom is 0.276 e. The van der Waals surface area contributed by atoms with Gasteiger partial charge in [-0.25, -0.2) is 13.8 Å². The van der Waals surface area contributed by atoms with E-state index in [1.807, 2.05) is 23.1 Å². The van der Waals surface area contributed by atoms with Crippen LogP contribution in [0.25, 0.3) is 0 Å². The zero-order valence-corrected chi connectivity index (χ0v) is 19.5. The Morgan fingerprint density at radius 3 is 2.48 bits per heavy atom. The average Bonchev–Trinajstić information content (AvgIpc) is 3.57. The number of anilines is 1.